The average molecular weight is 350 g/mol. The van der Waals surface area contributed by atoms with Gasteiger partial charge < -0.3 is 20.4 Å². The van der Waals surface area contributed by atoms with Crippen LogP contribution in [0.25, 0.3) is 0 Å². The van der Waals surface area contributed by atoms with Gasteiger partial charge in [0.15, 0.2) is 0 Å². The molecule has 4 atom stereocenters. The Labute approximate surface area is 147 Å². The third-order valence-electron chi connectivity index (χ3n) is 5.63. The monoisotopic (exact) mass is 350 g/mol. The van der Waals surface area contributed by atoms with Crippen molar-refractivity contribution in [1.82, 2.24) is 0 Å². The van der Waals surface area contributed by atoms with Crippen LogP contribution in [0.5, 0.6) is 0 Å². The first-order valence-corrected chi connectivity index (χ1v) is 9.20. The van der Waals surface area contributed by atoms with Crippen LogP contribution in [0.15, 0.2) is 47.2 Å². The minimum atomic E-state index is -1.06. The lowest BCUT2D eigenvalue weighted by atomic mass is 9.76. The van der Waals surface area contributed by atoms with Crippen LogP contribution in [-0.2, 0) is 0 Å². The molecule has 3 aliphatic rings. The van der Waals surface area contributed by atoms with Gasteiger partial charge in [-0.2, -0.15) is 0 Å². The maximum absolute atomic E-state index is 10.8. The third-order valence-corrected chi connectivity index (χ3v) is 7.46. The Morgan fingerprint density at radius 1 is 1.08 bits per heavy atom. The lowest BCUT2D eigenvalue weighted by Crippen LogP contribution is -2.40. The molecular weight excluding hydrogens is 324 g/mol. The second kappa shape index (κ2) is 5.60. The fourth-order valence-corrected chi connectivity index (χ4v) is 6.58. The molecule has 0 aromatic rings. The molecule has 0 radical (unpaired) electrons. The Morgan fingerprint density at radius 2 is 1.79 bits per heavy atom. The highest BCUT2D eigenvalue weighted by Gasteiger charge is 2.53. The standard InChI is InChI=1S/C19H26O4S/c1-17(23)11-13(21)5-7-16(17)19(3)9-8-18(2,24-19)14-6-4-12(20)10-15(14)22/h4-5,7,10,14,20-23H,6,8-9,11H2,1-3H3. The molecule has 2 aliphatic carbocycles. The summed E-state index contributed by atoms with van der Waals surface area (Å²) < 4.78 is -0.425. The van der Waals surface area contributed by atoms with Crippen LogP contribution < -0.4 is 0 Å². The van der Waals surface area contributed by atoms with Crippen molar-refractivity contribution in [3.8, 4) is 0 Å². The van der Waals surface area contributed by atoms with Crippen molar-refractivity contribution in [3.63, 3.8) is 0 Å². The van der Waals surface area contributed by atoms with Crippen LogP contribution in [0.3, 0.4) is 0 Å². The highest BCUT2D eigenvalue weighted by atomic mass is 32.2. The molecule has 5 heteroatoms. The number of thioether (sulfide) groups is 1. The zero-order chi connectivity index (χ0) is 17.8. The van der Waals surface area contributed by atoms with Crippen molar-refractivity contribution in [2.75, 3.05) is 0 Å². The van der Waals surface area contributed by atoms with E-state index in [0.29, 0.717) is 6.42 Å². The first kappa shape index (κ1) is 17.5. The fraction of sp³-hybridized carbons (Fsp3) is 0.579. The SMILES string of the molecule is CC1(O)CC(O)=CC=C1C1(C)CCC(C)(C2CC=C(O)C=C2O)S1. The number of allylic oxidation sites excluding steroid dienone is 5. The van der Waals surface area contributed by atoms with Gasteiger partial charge in [-0.1, -0.05) is 6.08 Å². The van der Waals surface area contributed by atoms with Crippen molar-refractivity contribution in [2.24, 2.45) is 5.92 Å². The molecule has 0 bridgehead atoms. The van der Waals surface area contributed by atoms with E-state index in [0.717, 1.165) is 18.4 Å². The van der Waals surface area contributed by atoms with Crippen molar-refractivity contribution in [3.05, 3.63) is 47.2 Å². The molecule has 1 saturated heterocycles. The van der Waals surface area contributed by atoms with E-state index in [1.165, 1.54) is 6.08 Å². The molecule has 0 aromatic heterocycles. The Hall–Kier alpha value is -1.33. The highest BCUT2D eigenvalue weighted by Crippen LogP contribution is 2.60. The summed E-state index contributed by atoms with van der Waals surface area (Å²) >= 11 is 1.79. The van der Waals surface area contributed by atoms with Gasteiger partial charge in [0.05, 0.1) is 11.4 Å². The van der Waals surface area contributed by atoms with Crippen LogP contribution in [-0.4, -0.2) is 35.5 Å². The van der Waals surface area contributed by atoms with E-state index in [1.807, 2.05) is 6.08 Å². The van der Waals surface area contributed by atoms with E-state index < -0.39 is 5.60 Å². The fourth-order valence-electron chi connectivity index (χ4n) is 4.38. The van der Waals surface area contributed by atoms with Crippen molar-refractivity contribution < 1.29 is 20.4 Å². The number of rotatable bonds is 2. The van der Waals surface area contributed by atoms with Crippen molar-refractivity contribution in [1.29, 1.82) is 0 Å². The first-order valence-electron chi connectivity index (χ1n) is 8.39. The highest BCUT2D eigenvalue weighted by molar-refractivity contribution is 8.02. The molecule has 24 heavy (non-hydrogen) atoms. The summed E-state index contributed by atoms with van der Waals surface area (Å²) in [5.74, 6) is 0.512. The van der Waals surface area contributed by atoms with Gasteiger partial charge in [-0.05, 0) is 57.8 Å². The minimum absolute atomic E-state index is 0.0432. The largest absolute Gasteiger partial charge is 0.512 e. The smallest absolute Gasteiger partial charge is 0.114 e. The zero-order valence-corrected chi connectivity index (χ0v) is 15.2. The molecule has 0 saturated carbocycles. The van der Waals surface area contributed by atoms with Gasteiger partial charge in [0.1, 0.15) is 11.5 Å². The van der Waals surface area contributed by atoms with Gasteiger partial charge in [0.2, 0.25) is 0 Å². The molecule has 1 fully saturated rings. The summed E-state index contributed by atoms with van der Waals surface area (Å²) in [6, 6.07) is 0. The van der Waals surface area contributed by atoms with Gasteiger partial charge in [0.25, 0.3) is 0 Å². The van der Waals surface area contributed by atoms with E-state index >= 15 is 0 Å². The normalized spacial score (nSPS) is 42.9. The number of hydrogen-bond acceptors (Lipinski definition) is 5. The maximum atomic E-state index is 10.8. The average Bonchev–Trinajstić information content (AvgIpc) is 2.74. The molecule has 3 rings (SSSR count). The summed E-state index contributed by atoms with van der Waals surface area (Å²) in [6.45, 7) is 6.04. The van der Waals surface area contributed by atoms with Crippen LogP contribution in [0.1, 0.15) is 46.5 Å². The predicted molar refractivity (Wildman–Crippen MR) is 97.2 cm³/mol. The van der Waals surface area contributed by atoms with Crippen molar-refractivity contribution >= 4 is 11.8 Å². The van der Waals surface area contributed by atoms with Gasteiger partial charge in [0, 0.05) is 27.9 Å². The van der Waals surface area contributed by atoms with Crippen molar-refractivity contribution in [2.45, 2.75) is 61.5 Å². The first-order chi connectivity index (χ1) is 11.1. The van der Waals surface area contributed by atoms with Crippen LogP contribution in [0, 0.1) is 5.92 Å². The number of aliphatic hydroxyl groups is 4. The number of hydrogen-bond donors (Lipinski definition) is 4. The van der Waals surface area contributed by atoms with Gasteiger partial charge >= 0.3 is 0 Å². The quantitative estimate of drug-likeness (QED) is 0.591. The molecule has 0 amide bonds. The van der Waals surface area contributed by atoms with Crippen LogP contribution >= 0.6 is 11.8 Å². The third kappa shape index (κ3) is 2.88. The molecule has 132 valence electrons. The summed E-state index contributed by atoms with van der Waals surface area (Å²) in [5, 5.41) is 40.4. The number of aliphatic hydroxyl groups excluding tert-OH is 3. The maximum Gasteiger partial charge on any atom is 0.114 e. The second-order valence-corrected chi connectivity index (χ2v) is 9.86. The minimum Gasteiger partial charge on any atom is -0.512 e. The van der Waals surface area contributed by atoms with E-state index in [1.54, 1.807) is 30.8 Å². The molecule has 1 aliphatic heterocycles. The molecule has 4 N–H and O–H groups in total. The Morgan fingerprint density at radius 3 is 2.42 bits per heavy atom. The lowest BCUT2D eigenvalue weighted by Gasteiger charge is -2.41. The van der Waals surface area contributed by atoms with E-state index in [-0.39, 0.29) is 39.1 Å². The van der Waals surface area contributed by atoms with Crippen LogP contribution in [0.2, 0.25) is 0 Å². The van der Waals surface area contributed by atoms with E-state index in [4.69, 9.17) is 0 Å². The molecular formula is C19H26O4S. The van der Waals surface area contributed by atoms with Gasteiger partial charge in [-0.25, -0.2) is 0 Å². The van der Waals surface area contributed by atoms with Gasteiger partial charge in [-0.15, -0.1) is 11.8 Å². The molecule has 0 spiro atoms. The molecule has 4 unspecified atom stereocenters. The molecule has 1 heterocycles. The predicted octanol–water partition coefficient (Wildman–Crippen LogP) is 4.46. The summed E-state index contributed by atoms with van der Waals surface area (Å²) in [6.07, 6.45) is 9.36. The van der Waals surface area contributed by atoms with E-state index in [9.17, 15) is 20.4 Å². The Bertz CT molecular complexity index is 673. The zero-order valence-electron chi connectivity index (χ0n) is 14.4. The molecule has 0 aromatic carbocycles. The Balaban J connectivity index is 1.88. The second-order valence-electron chi connectivity index (χ2n) is 7.82. The lowest BCUT2D eigenvalue weighted by molar-refractivity contribution is 0.0765. The Kier molecular flexibility index (Phi) is 4.08. The summed E-state index contributed by atoms with van der Waals surface area (Å²) in [4.78, 5) is 0. The van der Waals surface area contributed by atoms with Crippen LogP contribution in [0.4, 0.5) is 0 Å². The van der Waals surface area contributed by atoms with Gasteiger partial charge in [-0.3, -0.25) is 0 Å². The summed E-state index contributed by atoms with van der Waals surface area (Å²) in [7, 11) is 0. The van der Waals surface area contributed by atoms with E-state index in [2.05, 4.69) is 13.8 Å². The summed E-state index contributed by atoms with van der Waals surface area (Å²) in [5.41, 5.74) is -0.131. The molecule has 4 nitrogen and oxygen atoms in total. The topological polar surface area (TPSA) is 80.9 Å².